The van der Waals surface area contributed by atoms with Crippen LogP contribution in [0.25, 0.3) is 0 Å². The maximum atomic E-state index is 12.9. The van der Waals surface area contributed by atoms with E-state index in [-0.39, 0.29) is 12.2 Å². The highest BCUT2D eigenvalue weighted by molar-refractivity contribution is 5.52. The lowest BCUT2D eigenvalue weighted by Crippen LogP contribution is -2.63. The summed E-state index contributed by atoms with van der Waals surface area (Å²) >= 11 is 0. The van der Waals surface area contributed by atoms with Crippen LogP contribution in [0, 0.1) is 0 Å². The molecule has 21 heavy (non-hydrogen) atoms. The summed E-state index contributed by atoms with van der Waals surface area (Å²) in [5.74, 6) is 0.700. The van der Waals surface area contributed by atoms with E-state index in [0.717, 1.165) is 25.8 Å². The Morgan fingerprint density at radius 2 is 2.14 bits per heavy atom. The van der Waals surface area contributed by atoms with Gasteiger partial charge in [-0.2, -0.15) is 13.2 Å². The van der Waals surface area contributed by atoms with E-state index < -0.39 is 11.7 Å². The Balaban J connectivity index is 2.02. The Labute approximate surface area is 121 Å². The summed E-state index contributed by atoms with van der Waals surface area (Å²) in [6.07, 6.45) is -3.23. The Kier molecular flexibility index (Phi) is 3.57. The van der Waals surface area contributed by atoms with Crippen molar-refractivity contribution in [1.29, 1.82) is 0 Å². The second-order valence-corrected chi connectivity index (χ2v) is 5.85. The molecule has 0 aromatic carbocycles. The van der Waals surface area contributed by atoms with E-state index in [9.17, 15) is 13.2 Å². The smallest absolute Gasteiger partial charge is 0.338 e. The molecule has 3 heterocycles. The fourth-order valence-corrected chi connectivity index (χ4v) is 3.10. The number of hydrogen-bond donors (Lipinski definition) is 1. The zero-order valence-corrected chi connectivity index (χ0v) is 12.1. The van der Waals surface area contributed by atoms with Gasteiger partial charge in [-0.3, -0.25) is 4.90 Å². The molecule has 0 spiro atoms. The van der Waals surface area contributed by atoms with E-state index in [0.29, 0.717) is 17.9 Å². The Bertz CT molecular complexity index is 529. The first-order chi connectivity index (χ1) is 9.88. The molecule has 1 N–H and O–H groups in total. The van der Waals surface area contributed by atoms with Crippen LogP contribution < -0.4 is 10.2 Å². The third kappa shape index (κ3) is 2.60. The summed E-state index contributed by atoms with van der Waals surface area (Å²) in [5, 5.41) is 3.34. The molecule has 1 aromatic rings. The number of halogens is 3. The minimum Gasteiger partial charge on any atom is -0.338 e. The normalized spacial score (nSPS) is 23.1. The minimum atomic E-state index is -4.34. The molecule has 1 unspecified atom stereocenters. The van der Waals surface area contributed by atoms with Crippen LogP contribution in [-0.2, 0) is 12.7 Å². The lowest BCUT2D eigenvalue weighted by molar-refractivity contribution is -0.137. The number of piperazine rings is 1. The Morgan fingerprint density at radius 1 is 1.38 bits per heavy atom. The van der Waals surface area contributed by atoms with Crippen molar-refractivity contribution in [2.24, 2.45) is 0 Å². The molecule has 1 fully saturated rings. The van der Waals surface area contributed by atoms with Gasteiger partial charge in [-0.05, 0) is 19.9 Å². The number of alkyl halides is 3. The van der Waals surface area contributed by atoms with Crippen molar-refractivity contribution in [2.75, 3.05) is 24.5 Å². The maximum absolute atomic E-state index is 12.9. The van der Waals surface area contributed by atoms with E-state index >= 15 is 0 Å². The number of nitrogens with zero attached hydrogens (tertiary/aromatic N) is 3. The van der Waals surface area contributed by atoms with Crippen molar-refractivity contribution in [1.82, 2.24) is 15.2 Å². The van der Waals surface area contributed by atoms with Gasteiger partial charge in [0.15, 0.2) is 0 Å². The SMILES string of the molecule is CC(C)N1Cc2cc(C(F)(F)F)cnc2N2CCNCC21. The summed E-state index contributed by atoms with van der Waals surface area (Å²) < 4.78 is 38.6. The van der Waals surface area contributed by atoms with Crippen LogP contribution in [0.5, 0.6) is 0 Å². The maximum Gasteiger partial charge on any atom is 0.417 e. The van der Waals surface area contributed by atoms with Gasteiger partial charge in [-0.1, -0.05) is 0 Å². The fraction of sp³-hybridized carbons (Fsp3) is 0.643. The van der Waals surface area contributed by atoms with E-state index in [1.165, 1.54) is 6.07 Å². The molecule has 2 aliphatic heterocycles. The topological polar surface area (TPSA) is 31.4 Å². The zero-order chi connectivity index (χ0) is 15.2. The fourth-order valence-electron chi connectivity index (χ4n) is 3.10. The molecule has 0 radical (unpaired) electrons. The third-order valence-corrected chi connectivity index (χ3v) is 4.16. The van der Waals surface area contributed by atoms with E-state index in [2.05, 4.69) is 33.9 Å². The average Bonchev–Trinajstić information content (AvgIpc) is 2.44. The molecule has 0 bridgehead atoms. The number of hydrogen-bond acceptors (Lipinski definition) is 4. The van der Waals surface area contributed by atoms with Crippen molar-refractivity contribution >= 4 is 5.82 Å². The number of rotatable bonds is 1. The predicted octanol–water partition coefficient (Wildman–Crippen LogP) is 2.06. The molecular weight excluding hydrogens is 281 g/mol. The summed E-state index contributed by atoms with van der Waals surface area (Å²) in [7, 11) is 0. The van der Waals surface area contributed by atoms with Crippen LogP contribution in [-0.4, -0.2) is 41.7 Å². The van der Waals surface area contributed by atoms with Crippen LogP contribution in [0.3, 0.4) is 0 Å². The standard InChI is InChI=1S/C14H19F3N4/c1-9(2)21-8-10-5-11(14(15,16)17)6-19-13(10)20-4-3-18-7-12(20)21/h5-6,9,12,18H,3-4,7-8H2,1-2H3. The lowest BCUT2D eigenvalue weighted by atomic mass is 10.0. The first-order valence-electron chi connectivity index (χ1n) is 7.17. The third-order valence-electron chi connectivity index (χ3n) is 4.16. The molecule has 4 nitrogen and oxygen atoms in total. The summed E-state index contributed by atoms with van der Waals surface area (Å²) in [4.78, 5) is 8.45. The van der Waals surface area contributed by atoms with Crippen molar-refractivity contribution in [3.63, 3.8) is 0 Å². The second-order valence-electron chi connectivity index (χ2n) is 5.85. The zero-order valence-electron chi connectivity index (χ0n) is 12.1. The Morgan fingerprint density at radius 3 is 2.81 bits per heavy atom. The van der Waals surface area contributed by atoms with Crippen molar-refractivity contribution in [2.45, 2.75) is 38.8 Å². The first kappa shape index (κ1) is 14.6. The molecule has 3 rings (SSSR count). The van der Waals surface area contributed by atoms with Crippen molar-refractivity contribution in [3.05, 3.63) is 23.4 Å². The van der Waals surface area contributed by atoms with Gasteiger partial charge in [0.25, 0.3) is 0 Å². The largest absolute Gasteiger partial charge is 0.417 e. The van der Waals surface area contributed by atoms with Crippen LogP contribution in [0.15, 0.2) is 12.3 Å². The molecule has 2 aliphatic rings. The molecule has 0 aliphatic carbocycles. The van der Waals surface area contributed by atoms with Gasteiger partial charge < -0.3 is 10.2 Å². The van der Waals surface area contributed by atoms with Crippen LogP contribution in [0.4, 0.5) is 19.0 Å². The minimum absolute atomic E-state index is 0.162. The van der Waals surface area contributed by atoms with Gasteiger partial charge in [-0.15, -0.1) is 0 Å². The number of fused-ring (bicyclic) bond motifs is 3. The highest BCUT2D eigenvalue weighted by Crippen LogP contribution is 2.36. The van der Waals surface area contributed by atoms with E-state index in [1.807, 2.05) is 0 Å². The van der Waals surface area contributed by atoms with Crippen molar-refractivity contribution in [3.8, 4) is 0 Å². The van der Waals surface area contributed by atoms with Gasteiger partial charge in [0, 0.05) is 44.0 Å². The number of aromatic nitrogens is 1. The van der Waals surface area contributed by atoms with Crippen LogP contribution in [0.2, 0.25) is 0 Å². The van der Waals surface area contributed by atoms with Gasteiger partial charge in [0.1, 0.15) is 5.82 Å². The molecule has 1 atom stereocenters. The van der Waals surface area contributed by atoms with Gasteiger partial charge in [-0.25, -0.2) is 4.98 Å². The van der Waals surface area contributed by atoms with Gasteiger partial charge in [0.2, 0.25) is 0 Å². The molecule has 1 saturated heterocycles. The number of pyridine rings is 1. The van der Waals surface area contributed by atoms with Gasteiger partial charge >= 0.3 is 6.18 Å². The van der Waals surface area contributed by atoms with E-state index in [4.69, 9.17) is 0 Å². The molecule has 116 valence electrons. The van der Waals surface area contributed by atoms with E-state index in [1.54, 1.807) is 0 Å². The van der Waals surface area contributed by atoms with Crippen LogP contribution >= 0.6 is 0 Å². The van der Waals surface area contributed by atoms with Crippen molar-refractivity contribution < 1.29 is 13.2 Å². The summed E-state index contributed by atoms with van der Waals surface area (Å²) in [5.41, 5.74) is -0.00443. The average molecular weight is 300 g/mol. The van der Waals surface area contributed by atoms with Gasteiger partial charge in [0.05, 0.1) is 11.7 Å². The predicted molar refractivity (Wildman–Crippen MR) is 73.9 cm³/mol. The molecular formula is C14H19F3N4. The molecule has 1 aromatic heterocycles. The Hall–Kier alpha value is -1.34. The quantitative estimate of drug-likeness (QED) is 0.860. The first-order valence-corrected chi connectivity index (χ1v) is 7.17. The summed E-state index contributed by atoms with van der Waals surface area (Å²) in [6, 6.07) is 1.51. The lowest BCUT2D eigenvalue weighted by Gasteiger charge is -2.49. The summed E-state index contributed by atoms with van der Waals surface area (Å²) in [6.45, 7) is 7.04. The molecule has 7 heteroatoms. The highest BCUT2D eigenvalue weighted by atomic mass is 19.4. The molecule has 0 saturated carbocycles. The number of nitrogens with one attached hydrogen (secondary N) is 1. The molecule has 0 amide bonds. The number of anilines is 1. The monoisotopic (exact) mass is 300 g/mol. The highest BCUT2D eigenvalue weighted by Gasteiger charge is 2.38. The second kappa shape index (κ2) is 5.14. The van der Waals surface area contributed by atoms with Crippen LogP contribution in [0.1, 0.15) is 25.0 Å².